The summed E-state index contributed by atoms with van der Waals surface area (Å²) in [7, 11) is 0. The second-order valence-corrected chi connectivity index (χ2v) is 5.81. The minimum Gasteiger partial charge on any atom is -0.450 e. The summed E-state index contributed by atoms with van der Waals surface area (Å²) < 4.78 is 4.99. The van der Waals surface area contributed by atoms with Crippen LogP contribution in [0.1, 0.15) is 36.7 Å². The summed E-state index contributed by atoms with van der Waals surface area (Å²) in [6, 6.07) is 2.15. The zero-order chi connectivity index (χ0) is 16.1. The predicted molar refractivity (Wildman–Crippen MR) is 83.7 cm³/mol. The van der Waals surface area contributed by atoms with Gasteiger partial charge in [-0.05, 0) is 45.2 Å². The van der Waals surface area contributed by atoms with Crippen molar-refractivity contribution in [2.75, 3.05) is 19.7 Å². The lowest BCUT2D eigenvalue weighted by molar-refractivity contribution is -0.121. The van der Waals surface area contributed by atoms with Crippen molar-refractivity contribution in [1.29, 1.82) is 0 Å². The van der Waals surface area contributed by atoms with Gasteiger partial charge < -0.3 is 19.9 Å². The summed E-state index contributed by atoms with van der Waals surface area (Å²) in [5.41, 5.74) is 3.16. The molecule has 1 fully saturated rings. The monoisotopic (exact) mass is 307 g/mol. The van der Waals surface area contributed by atoms with Crippen LogP contribution < -0.4 is 5.32 Å². The number of aromatic amines is 1. The van der Waals surface area contributed by atoms with Gasteiger partial charge in [-0.25, -0.2) is 4.79 Å². The van der Waals surface area contributed by atoms with Gasteiger partial charge in [-0.3, -0.25) is 4.79 Å². The van der Waals surface area contributed by atoms with E-state index in [4.69, 9.17) is 4.74 Å². The van der Waals surface area contributed by atoms with Crippen molar-refractivity contribution < 1.29 is 14.3 Å². The third-order valence-electron chi connectivity index (χ3n) is 3.99. The third kappa shape index (κ3) is 4.26. The number of H-pyrrole nitrogens is 1. The summed E-state index contributed by atoms with van der Waals surface area (Å²) >= 11 is 0. The second-order valence-electron chi connectivity index (χ2n) is 5.81. The van der Waals surface area contributed by atoms with Gasteiger partial charge in [-0.1, -0.05) is 0 Å². The van der Waals surface area contributed by atoms with E-state index in [-0.39, 0.29) is 18.0 Å². The van der Waals surface area contributed by atoms with Crippen LogP contribution in [0, 0.1) is 13.8 Å². The molecule has 122 valence electrons. The Bertz CT molecular complexity index is 531. The minimum atomic E-state index is -0.259. The van der Waals surface area contributed by atoms with Gasteiger partial charge >= 0.3 is 6.09 Å². The highest BCUT2D eigenvalue weighted by molar-refractivity contribution is 5.79. The number of aromatic nitrogens is 1. The van der Waals surface area contributed by atoms with Gasteiger partial charge in [0.25, 0.3) is 0 Å². The number of nitrogens with zero attached hydrogens (tertiary/aromatic N) is 1. The van der Waals surface area contributed by atoms with Gasteiger partial charge in [-0.15, -0.1) is 0 Å². The first kappa shape index (κ1) is 16.4. The smallest absolute Gasteiger partial charge is 0.409 e. The van der Waals surface area contributed by atoms with Gasteiger partial charge in [0.15, 0.2) is 0 Å². The largest absolute Gasteiger partial charge is 0.450 e. The summed E-state index contributed by atoms with van der Waals surface area (Å²) in [5, 5.41) is 3.06. The number of carbonyl (C=O) groups is 2. The van der Waals surface area contributed by atoms with Crippen molar-refractivity contribution >= 4 is 12.0 Å². The number of nitrogens with one attached hydrogen (secondary N) is 2. The molecule has 0 spiro atoms. The molecular formula is C16H25N3O3. The van der Waals surface area contributed by atoms with Crippen LogP contribution >= 0.6 is 0 Å². The Kier molecular flexibility index (Phi) is 5.46. The van der Waals surface area contributed by atoms with E-state index in [0.717, 1.165) is 29.8 Å². The van der Waals surface area contributed by atoms with Gasteiger partial charge in [0.05, 0.1) is 13.0 Å². The van der Waals surface area contributed by atoms with Crippen LogP contribution in [0.2, 0.25) is 0 Å². The van der Waals surface area contributed by atoms with Gasteiger partial charge in [0, 0.05) is 30.5 Å². The number of rotatable bonds is 4. The normalized spacial score (nSPS) is 15.7. The Morgan fingerprint density at radius 1 is 1.36 bits per heavy atom. The summed E-state index contributed by atoms with van der Waals surface area (Å²) in [4.78, 5) is 28.7. The number of hydrogen-bond donors (Lipinski definition) is 2. The molecule has 2 heterocycles. The number of piperidine rings is 1. The second kappa shape index (κ2) is 7.33. The number of aryl methyl sites for hydroxylation is 2. The molecule has 1 aromatic rings. The molecule has 0 radical (unpaired) electrons. The van der Waals surface area contributed by atoms with Crippen LogP contribution in [0.3, 0.4) is 0 Å². The Morgan fingerprint density at radius 3 is 2.59 bits per heavy atom. The van der Waals surface area contributed by atoms with E-state index in [9.17, 15) is 9.59 Å². The molecule has 0 aromatic carbocycles. The van der Waals surface area contributed by atoms with E-state index in [1.54, 1.807) is 11.8 Å². The molecule has 2 N–H and O–H groups in total. The fraction of sp³-hybridized carbons (Fsp3) is 0.625. The average molecular weight is 307 g/mol. The zero-order valence-electron chi connectivity index (χ0n) is 13.6. The topological polar surface area (TPSA) is 74.4 Å². The van der Waals surface area contributed by atoms with Gasteiger partial charge in [-0.2, -0.15) is 0 Å². The molecule has 0 unspecified atom stereocenters. The molecule has 1 saturated heterocycles. The number of hydrogen-bond acceptors (Lipinski definition) is 3. The number of likely N-dealkylation sites (tertiary alicyclic amines) is 1. The first-order valence-corrected chi connectivity index (χ1v) is 7.85. The van der Waals surface area contributed by atoms with Crippen molar-refractivity contribution in [2.45, 2.75) is 46.1 Å². The van der Waals surface area contributed by atoms with Crippen molar-refractivity contribution in [3.05, 3.63) is 23.0 Å². The maximum Gasteiger partial charge on any atom is 0.409 e. The number of ether oxygens (including phenoxy) is 1. The molecule has 1 aromatic heterocycles. The highest BCUT2D eigenvalue weighted by atomic mass is 16.6. The summed E-state index contributed by atoms with van der Waals surface area (Å²) in [6.45, 7) is 7.42. The van der Waals surface area contributed by atoms with E-state index in [1.807, 2.05) is 19.9 Å². The summed E-state index contributed by atoms with van der Waals surface area (Å²) in [6.07, 6.45) is 1.69. The molecule has 0 atom stereocenters. The highest BCUT2D eigenvalue weighted by Crippen LogP contribution is 2.13. The highest BCUT2D eigenvalue weighted by Gasteiger charge is 2.24. The maximum absolute atomic E-state index is 12.1. The lowest BCUT2D eigenvalue weighted by Gasteiger charge is -2.31. The van der Waals surface area contributed by atoms with Crippen molar-refractivity contribution in [1.82, 2.24) is 15.2 Å². The molecule has 2 amide bonds. The van der Waals surface area contributed by atoms with Gasteiger partial charge in [0.1, 0.15) is 0 Å². The van der Waals surface area contributed by atoms with Crippen LogP contribution in [-0.4, -0.2) is 47.6 Å². The quantitative estimate of drug-likeness (QED) is 0.892. The Hall–Kier alpha value is -1.98. The van der Waals surface area contributed by atoms with E-state index < -0.39 is 0 Å². The van der Waals surface area contributed by atoms with Crippen LogP contribution in [0.4, 0.5) is 4.79 Å². The fourth-order valence-electron chi connectivity index (χ4n) is 2.84. The van der Waals surface area contributed by atoms with Crippen molar-refractivity contribution in [2.24, 2.45) is 0 Å². The molecular weight excluding hydrogens is 282 g/mol. The number of amides is 2. The lowest BCUT2D eigenvalue weighted by atomic mass is 10.0. The summed E-state index contributed by atoms with van der Waals surface area (Å²) in [5.74, 6) is 0.0386. The third-order valence-corrected chi connectivity index (χ3v) is 3.99. The Balaban J connectivity index is 1.77. The SMILES string of the molecule is CCOC(=O)N1CCC(NC(=O)Cc2cc(C)[nH]c2C)CC1. The molecule has 6 heteroatoms. The Labute approximate surface area is 131 Å². The van der Waals surface area contributed by atoms with E-state index >= 15 is 0 Å². The molecule has 1 aliphatic rings. The number of carbonyl (C=O) groups excluding carboxylic acids is 2. The Morgan fingerprint density at radius 2 is 2.05 bits per heavy atom. The van der Waals surface area contributed by atoms with Crippen molar-refractivity contribution in [3.8, 4) is 0 Å². The van der Waals surface area contributed by atoms with Crippen molar-refractivity contribution in [3.63, 3.8) is 0 Å². The zero-order valence-corrected chi connectivity index (χ0v) is 13.6. The maximum atomic E-state index is 12.1. The molecule has 0 aliphatic carbocycles. The van der Waals surface area contributed by atoms with Crippen LogP contribution in [0.15, 0.2) is 6.07 Å². The van der Waals surface area contributed by atoms with E-state index in [2.05, 4.69) is 10.3 Å². The van der Waals surface area contributed by atoms with E-state index in [0.29, 0.717) is 26.1 Å². The van der Waals surface area contributed by atoms with E-state index in [1.165, 1.54) is 0 Å². The molecule has 0 bridgehead atoms. The first-order chi connectivity index (χ1) is 10.5. The molecule has 22 heavy (non-hydrogen) atoms. The molecule has 0 saturated carbocycles. The van der Waals surface area contributed by atoms with Gasteiger partial charge in [0.2, 0.25) is 5.91 Å². The molecule has 6 nitrogen and oxygen atoms in total. The minimum absolute atomic E-state index is 0.0386. The molecule has 2 rings (SSSR count). The standard InChI is InChI=1S/C16H25N3O3/c1-4-22-16(21)19-7-5-14(6-8-19)18-15(20)10-13-9-11(2)17-12(13)3/h9,14,17H,4-8,10H2,1-3H3,(H,18,20). The fourth-order valence-corrected chi connectivity index (χ4v) is 2.84. The predicted octanol–water partition coefficient (Wildman–Crippen LogP) is 1.91. The van der Waals surface area contributed by atoms with Crippen LogP contribution in [0.25, 0.3) is 0 Å². The molecule has 1 aliphatic heterocycles. The van der Waals surface area contributed by atoms with Crippen LogP contribution in [0.5, 0.6) is 0 Å². The lowest BCUT2D eigenvalue weighted by Crippen LogP contribution is -2.47. The van der Waals surface area contributed by atoms with Crippen LogP contribution in [-0.2, 0) is 16.0 Å². The average Bonchev–Trinajstić information content (AvgIpc) is 2.77. The first-order valence-electron chi connectivity index (χ1n) is 7.85.